The van der Waals surface area contributed by atoms with Gasteiger partial charge in [-0.2, -0.15) is 0 Å². The van der Waals surface area contributed by atoms with E-state index < -0.39 is 54.0 Å². The molecular weight excluding hydrogens is 472 g/mol. The zero-order valence-electron chi connectivity index (χ0n) is 21.4. The van der Waals surface area contributed by atoms with E-state index in [1.165, 1.54) is 6.92 Å². The second-order valence-corrected chi connectivity index (χ2v) is 8.84. The summed E-state index contributed by atoms with van der Waals surface area (Å²) in [6.07, 6.45) is 1.24. The Morgan fingerprint density at radius 3 is 1.97 bits per heavy atom. The van der Waals surface area contributed by atoms with Gasteiger partial charge in [-0.25, -0.2) is 4.79 Å². The fraction of sp³-hybridized carbons (Fsp3) is 0.773. The first kappa shape index (κ1) is 33.0. The number of amides is 3. The molecule has 13 N–H and O–H groups in total. The Morgan fingerprint density at radius 1 is 0.889 bits per heavy atom. The van der Waals surface area contributed by atoms with Crippen molar-refractivity contribution in [1.29, 1.82) is 0 Å². The van der Waals surface area contributed by atoms with Crippen molar-refractivity contribution in [3.8, 4) is 0 Å². The number of hydrogen-bond donors (Lipinski definition) is 9. The van der Waals surface area contributed by atoms with Gasteiger partial charge in [-0.15, -0.1) is 0 Å². The van der Waals surface area contributed by atoms with Crippen LogP contribution < -0.4 is 38.9 Å². The molecule has 0 radical (unpaired) electrons. The molecule has 208 valence electrons. The molecule has 0 aromatic heterocycles. The highest BCUT2D eigenvalue weighted by atomic mass is 16.4. The van der Waals surface area contributed by atoms with Gasteiger partial charge in [0.25, 0.3) is 0 Å². The van der Waals surface area contributed by atoms with Crippen LogP contribution in [0.15, 0.2) is 4.99 Å². The molecule has 6 atom stereocenters. The third kappa shape index (κ3) is 12.7. The average molecular weight is 517 g/mol. The van der Waals surface area contributed by atoms with Crippen molar-refractivity contribution in [3.05, 3.63) is 0 Å². The summed E-state index contributed by atoms with van der Waals surface area (Å²) in [4.78, 5) is 53.8. The lowest BCUT2D eigenvalue weighted by atomic mass is 9.96. The van der Waals surface area contributed by atoms with Gasteiger partial charge in [0.2, 0.25) is 17.7 Å². The Morgan fingerprint density at radius 2 is 1.47 bits per heavy atom. The number of carboxylic acid groups (broad SMARTS) is 1. The molecule has 0 spiro atoms. The third-order valence-electron chi connectivity index (χ3n) is 5.72. The van der Waals surface area contributed by atoms with Crippen molar-refractivity contribution in [3.63, 3.8) is 0 Å². The van der Waals surface area contributed by atoms with Gasteiger partial charge in [0, 0.05) is 6.54 Å². The van der Waals surface area contributed by atoms with Gasteiger partial charge in [0.05, 0.1) is 12.1 Å². The summed E-state index contributed by atoms with van der Waals surface area (Å²) < 4.78 is 0. The van der Waals surface area contributed by atoms with Crippen LogP contribution in [0.3, 0.4) is 0 Å². The average Bonchev–Trinajstić information content (AvgIpc) is 2.81. The zero-order chi connectivity index (χ0) is 27.8. The molecule has 14 nitrogen and oxygen atoms in total. The molecule has 36 heavy (non-hydrogen) atoms. The van der Waals surface area contributed by atoms with Crippen molar-refractivity contribution < 1.29 is 29.4 Å². The van der Waals surface area contributed by atoms with Crippen molar-refractivity contribution in [1.82, 2.24) is 16.0 Å². The van der Waals surface area contributed by atoms with Crippen molar-refractivity contribution in [2.45, 2.75) is 89.6 Å². The molecule has 3 amide bonds. The van der Waals surface area contributed by atoms with Gasteiger partial charge in [-0.3, -0.25) is 19.4 Å². The number of carbonyl (C=O) groups excluding carboxylic acids is 3. The van der Waals surface area contributed by atoms with E-state index in [0.717, 1.165) is 0 Å². The van der Waals surface area contributed by atoms with E-state index in [2.05, 4.69) is 20.9 Å². The number of aliphatic hydroxyl groups is 1. The van der Waals surface area contributed by atoms with Crippen LogP contribution in [0.25, 0.3) is 0 Å². The van der Waals surface area contributed by atoms with Crippen LogP contribution >= 0.6 is 0 Å². The fourth-order valence-electron chi connectivity index (χ4n) is 3.27. The molecular formula is C22H44N8O6. The van der Waals surface area contributed by atoms with E-state index in [4.69, 9.17) is 22.9 Å². The van der Waals surface area contributed by atoms with Gasteiger partial charge in [0.1, 0.15) is 18.1 Å². The van der Waals surface area contributed by atoms with Gasteiger partial charge >= 0.3 is 5.97 Å². The predicted octanol–water partition coefficient (Wildman–Crippen LogP) is -2.54. The molecule has 0 fully saturated rings. The van der Waals surface area contributed by atoms with E-state index >= 15 is 0 Å². The zero-order valence-corrected chi connectivity index (χ0v) is 21.4. The lowest BCUT2D eigenvalue weighted by Gasteiger charge is -2.29. The maximum atomic E-state index is 13.0. The minimum Gasteiger partial charge on any atom is -0.480 e. The van der Waals surface area contributed by atoms with E-state index in [1.807, 2.05) is 0 Å². The van der Waals surface area contributed by atoms with Crippen LogP contribution in [-0.2, 0) is 19.2 Å². The molecule has 0 bridgehead atoms. The topological polar surface area (TPSA) is 261 Å². The number of carboxylic acids is 1. The smallest absolute Gasteiger partial charge is 0.326 e. The van der Waals surface area contributed by atoms with Gasteiger partial charge in [-0.05, 0) is 45.1 Å². The molecule has 0 aromatic carbocycles. The van der Waals surface area contributed by atoms with Gasteiger partial charge < -0.3 is 49.1 Å². The molecule has 0 aliphatic heterocycles. The molecule has 0 saturated heterocycles. The fourth-order valence-corrected chi connectivity index (χ4v) is 3.27. The molecule has 0 aromatic rings. The highest BCUT2D eigenvalue weighted by molar-refractivity contribution is 5.94. The van der Waals surface area contributed by atoms with E-state index in [0.29, 0.717) is 38.6 Å². The number of nitrogens with one attached hydrogen (secondary N) is 3. The van der Waals surface area contributed by atoms with Gasteiger partial charge in [-0.1, -0.05) is 26.7 Å². The summed E-state index contributed by atoms with van der Waals surface area (Å²) >= 11 is 0. The number of nitrogens with zero attached hydrogens (tertiary/aromatic N) is 1. The second kappa shape index (κ2) is 17.5. The summed E-state index contributed by atoms with van der Waals surface area (Å²) in [5, 5.41) is 27.0. The molecule has 0 aliphatic rings. The number of carbonyl (C=O) groups is 4. The second-order valence-electron chi connectivity index (χ2n) is 8.84. The molecule has 0 aliphatic carbocycles. The number of rotatable bonds is 18. The Kier molecular flexibility index (Phi) is 16.0. The monoisotopic (exact) mass is 516 g/mol. The highest BCUT2D eigenvalue weighted by Crippen LogP contribution is 2.11. The van der Waals surface area contributed by atoms with E-state index in [1.54, 1.807) is 13.8 Å². The minimum atomic E-state index is -1.37. The minimum absolute atomic E-state index is 0.0629. The summed E-state index contributed by atoms with van der Waals surface area (Å²) in [6.45, 7) is 5.49. The lowest BCUT2D eigenvalue weighted by molar-refractivity contribution is -0.143. The summed E-state index contributed by atoms with van der Waals surface area (Å²) in [5.74, 6) is -3.88. The Bertz CT molecular complexity index is 744. The molecule has 0 heterocycles. The molecule has 6 unspecified atom stereocenters. The number of guanidine groups is 1. The lowest BCUT2D eigenvalue weighted by Crippen LogP contribution is -2.61. The summed E-state index contributed by atoms with van der Waals surface area (Å²) in [7, 11) is 0. The van der Waals surface area contributed by atoms with Crippen LogP contribution in [0.5, 0.6) is 0 Å². The summed E-state index contributed by atoms with van der Waals surface area (Å²) in [5.41, 5.74) is 21.8. The third-order valence-corrected chi connectivity index (χ3v) is 5.72. The van der Waals surface area contributed by atoms with Crippen LogP contribution in [-0.4, -0.2) is 83.2 Å². The van der Waals surface area contributed by atoms with Crippen LogP contribution in [0.4, 0.5) is 0 Å². The Labute approximate surface area is 212 Å². The number of aliphatic carboxylic acids is 1. The van der Waals surface area contributed by atoms with Crippen molar-refractivity contribution >= 4 is 29.7 Å². The normalized spacial score (nSPS) is 15.9. The van der Waals surface area contributed by atoms with Crippen molar-refractivity contribution in [2.75, 3.05) is 13.1 Å². The van der Waals surface area contributed by atoms with E-state index in [9.17, 15) is 29.4 Å². The number of unbranched alkanes of at least 4 members (excludes halogenated alkanes) is 1. The number of aliphatic imine (C=N–C) groups is 1. The first-order chi connectivity index (χ1) is 16.8. The van der Waals surface area contributed by atoms with Gasteiger partial charge in [0.15, 0.2) is 5.96 Å². The predicted molar refractivity (Wildman–Crippen MR) is 135 cm³/mol. The quantitative estimate of drug-likeness (QED) is 0.0523. The maximum absolute atomic E-state index is 13.0. The first-order valence-electron chi connectivity index (χ1n) is 12.2. The molecule has 0 saturated carbocycles. The Balaban J connectivity index is 5.37. The van der Waals surface area contributed by atoms with Crippen LogP contribution in [0.1, 0.15) is 59.3 Å². The first-order valence-corrected chi connectivity index (χ1v) is 12.2. The molecule has 14 heteroatoms. The number of hydrogen-bond acceptors (Lipinski definition) is 8. The van der Waals surface area contributed by atoms with Crippen LogP contribution in [0.2, 0.25) is 0 Å². The standard InChI is InChI=1S/C22H44N8O6/c1-4-12(2)16(19(33)28-15(21(35)36)9-7-11-27-22(25)26)29-20(34)17(13(3)31)30-18(32)14(24)8-5-6-10-23/h12-17,31H,4-11,23-24H2,1-3H3,(H,28,33)(H,29,34)(H,30,32)(H,35,36)(H4,25,26,27). The number of aliphatic hydroxyl groups excluding tert-OH is 1. The number of nitrogens with two attached hydrogens (primary N) is 4. The SMILES string of the molecule is CCC(C)C(NC(=O)C(NC(=O)C(N)CCCCN)C(C)O)C(=O)NC(CCCN=C(N)N)C(=O)O. The Hall–Kier alpha value is -2.97. The van der Waals surface area contributed by atoms with Crippen LogP contribution in [0, 0.1) is 5.92 Å². The maximum Gasteiger partial charge on any atom is 0.326 e. The summed E-state index contributed by atoms with van der Waals surface area (Å²) in [6, 6.07) is -4.60. The molecule has 0 rings (SSSR count). The van der Waals surface area contributed by atoms with E-state index in [-0.39, 0.29) is 24.8 Å². The highest BCUT2D eigenvalue weighted by Gasteiger charge is 2.34. The van der Waals surface area contributed by atoms with Crippen molar-refractivity contribution in [2.24, 2.45) is 33.8 Å². The largest absolute Gasteiger partial charge is 0.480 e.